The van der Waals surface area contributed by atoms with E-state index in [9.17, 15) is 9.90 Å². The van der Waals surface area contributed by atoms with E-state index < -0.39 is 5.60 Å². The molecular formula is C20H27N3O2. The molecule has 1 saturated heterocycles. The van der Waals surface area contributed by atoms with Crippen molar-refractivity contribution < 1.29 is 9.90 Å². The number of nitrogens with zero attached hydrogens (tertiary/aromatic N) is 2. The van der Waals surface area contributed by atoms with Crippen molar-refractivity contribution >= 4 is 16.9 Å². The monoisotopic (exact) mass is 341 g/mol. The topological polar surface area (TPSA) is 69.2 Å². The molecule has 2 aromatic rings. The van der Waals surface area contributed by atoms with Crippen LogP contribution in [-0.2, 0) is 11.2 Å². The number of likely N-dealkylation sites (tertiary alicyclic amines) is 1. The van der Waals surface area contributed by atoms with E-state index in [1.165, 1.54) is 0 Å². The number of rotatable bonds is 3. The van der Waals surface area contributed by atoms with Gasteiger partial charge in [0.25, 0.3) is 0 Å². The van der Waals surface area contributed by atoms with Crippen LogP contribution in [-0.4, -0.2) is 44.6 Å². The Kier molecular flexibility index (Phi) is 4.07. The third-order valence-electron chi connectivity index (χ3n) is 6.30. The van der Waals surface area contributed by atoms with Crippen molar-refractivity contribution in [2.24, 2.45) is 11.8 Å². The second kappa shape index (κ2) is 6.13. The lowest BCUT2D eigenvalue weighted by atomic mass is 9.69. The summed E-state index contributed by atoms with van der Waals surface area (Å²) in [7, 11) is 0. The van der Waals surface area contributed by atoms with Crippen LogP contribution in [0, 0.1) is 18.8 Å². The molecule has 1 saturated carbocycles. The van der Waals surface area contributed by atoms with Crippen LogP contribution in [0.3, 0.4) is 0 Å². The molecule has 2 N–H and O–H groups in total. The van der Waals surface area contributed by atoms with Crippen molar-refractivity contribution in [1.82, 2.24) is 14.9 Å². The summed E-state index contributed by atoms with van der Waals surface area (Å²) >= 11 is 0. The maximum absolute atomic E-state index is 12.8. The first-order chi connectivity index (χ1) is 12.0. The Morgan fingerprint density at radius 2 is 2.28 bits per heavy atom. The van der Waals surface area contributed by atoms with Gasteiger partial charge in [-0.3, -0.25) is 4.79 Å². The van der Waals surface area contributed by atoms with Gasteiger partial charge in [0.05, 0.1) is 23.1 Å². The van der Waals surface area contributed by atoms with Crippen LogP contribution in [0.1, 0.15) is 44.0 Å². The molecule has 1 aromatic carbocycles. The smallest absolute Gasteiger partial charge is 0.227 e. The zero-order chi connectivity index (χ0) is 17.6. The van der Waals surface area contributed by atoms with Crippen molar-refractivity contribution in [1.29, 1.82) is 0 Å². The van der Waals surface area contributed by atoms with Crippen molar-refractivity contribution in [2.45, 2.75) is 51.6 Å². The molecule has 3 atom stereocenters. The number of aliphatic hydroxyl groups is 1. The third kappa shape index (κ3) is 2.95. The van der Waals surface area contributed by atoms with Crippen molar-refractivity contribution in [3.8, 4) is 0 Å². The highest BCUT2D eigenvalue weighted by Crippen LogP contribution is 2.44. The van der Waals surface area contributed by atoms with Gasteiger partial charge in [-0.1, -0.05) is 19.4 Å². The number of aromatic amines is 1. The van der Waals surface area contributed by atoms with E-state index in [2.05, 4.69) is 16.9 Å². The number of amides is 1. The molecule has 1 amide bonds. The molecule has 134 valence electrons. The SMILES string of the molecule is CC[C@]1(O)CCC[C@H]2CN(C(=O)Cc3ccc4nc(C)[nH]c4c3)C[C@H]21. The second-order valence-corrected chi connectivity index (χ2v) is 7.87. The lowest BCUT2D eigenvalue weighted by Crippen LogP contribution is -2.44. The number of H-pyrrole nitrogens is 1. The first-order valence-electron chi connectivity index (χ1n) is 9.44. The van der Waals surface area contributed by atoms with Crippen LogP contribution < -0.4 is 0 Å². The highest BCUT2D eigenvalue weighted by molar-refractivity contribution is 5.82. The van der Waals surface area contributed by atoms with E-state index in [-0.39, 0.29) is 11.8 Å². The summed E-state index contributed by atoms with van der Waals surface area (Å²) in [5.41, 5.74) is 2.36. The van der Waals surface area contributed by atoms with Gasteiger partial charge in [0.15, 0.2) is 0 Å². The number of aromatic nitrogens is 2. The molecule has 5 heteroatoms. The molecule has 0 radical (unpaired) electrons. The summed E-state index contributed by atoms with van der Waals surface area (Å²) in [6, 6.07) is 5.99. The standard InChI is InChI=1S/C20H27N3O2/c1-3-20(25)8-4-5-15-11-23(12-16(15)20)19(24)10-14-6-7-17-18(9-14)22-13(2)21-17/h6-7,9,15-16,25H,3-5,8,10-12H2,1-2H3,(H,21,22)/t15-,16+,20-/m0/s1. The zero-order valence-corrected chi connectivity index (χ0v) is 15.1. The van der Waals surface area contributed by atoms with Gasteiger partial charge >= 0.3 is 0 Å². The maximum atomic E-state index is 12.8. The van der Waals surface area contributed by atoms with Crippen molar-refractivity contribution in [3.63, 3.8) is 0 Å². The van der Waals surface area contributed by atoms with E-state index in [0.717, 1.165) is 54.6 Å². The number of nitrogens with one attached hydrogen (secondary N) is 1. The molecule has 1 aromatic heterocycles. The quantitative estimate of drug-likeness (QED) is 0.902. The first kappa shape index (κ1) is 16.6. The van der Waals surface area contributed by atoms with Crippen molar-refractivity contribution in [3.05, 3.63) is 29.6 Å². The summed E-state index contributed by atoms with van der Waals surface area (Å²) in [4.78, 5) is 22.4. The second-order valence-electron chi connectivity index (χ2n) is 7.87. The first-order valence-corrected chi connectivity index (χ1v) is 9.44. The van der Waals surface area contributed by atoms with E-state index >= 15 is 0 Å². The average Bonchev–Trinajstić information content (AvgIpc) is 3.18. The molecule has 1 aliphatic carbocycles. The van der Waals surface area contributed by atoms with Crippen LogP contribution in [0.2, 0.25) is 0 Å². The normalized spacial score (nSPS) is 29.2. The number of carbonyl (C=O) groups is 1. The minimum absolute atomic E-state index is 0.170. The Bertz CT molecular complexity index is 799. The lowest BCUT2D eigenvalue weighted by molar-refractivity contribution is -0.130. The predicted octanol–water partition coefficient (Wildman–Crippen LogP) is 2.81. The number of carbonyl (C=O) groups excluding carboxylic acids is 1. The summed E-state index contributed by atoms with van der Waals surface area (Å²) in [5, 5.41) is 10.9. The van der Waals surface area contributed by atoms with E-state index in [1.807, 2.05) is 30.0 Å². The molecule has 2 fully saturated rings. The average molecular weight is 341 g/mol. The Balaban J connectivity index is 1.47. The van der Waals surface area contributed by atoms with E-state index in [1.54, 1.807) is 0 Å². The molecule has 0 spiro atoms. The van der Waals surface area contributed by atoms with Crippen LogP contribution in [0.15, 0.2) is 18.2 Å². The maximum Gasteiger partial charge on any atom is 0.227 e. The summed E-state index contributed by atoms with van der Waals surface area (Å²) in [6.45, 7) is 5.51. The fraction of sp³-hybridized carbons (Fsp3) is 0.600. The Hall–Kier alpha value is -1.88. The highest BCUT2D eigenvalue weighted by Gasteiger charge is 2.48. The zero-order valence-electron chi connectivity index (χ0n) is 15.1. The number of imidazole rings is 1. The Morgan fingerprint density at radius 3 is 3.08 bits per heavy atom. The predicted molar refractivity (Wildman–Crippen MR) is 97.2 cm³/mol. The Morgan fingerprint density at radius 1 is 1.44 bits per heavy atom. The number of hydrogen-bond acceptors (Lipinski definition) is 3. The molecule has 1 aliphatic heterocycles. The van der Waals surface area contributed by atoms with Gasteiger partial charge in [0.1, 0.15) is 5.82 Å². The van der Waals surface area contributed by atoms with Gasteiger partial charge in [-0.05, 0) is 49.8 Å². The van der Waals surface area contributed by atoms with E-state index in [4.69, 9.17) is 0 Å². The van der Waals surface area contributed by atoms with E-state index in [0.29, 0.717) is 18.9 Å². The van der Waals surface area contributed by atoms with Gasteiger partial charge in [0, 0.05) is 19.0 Å². The van der Waals surface area contributed by atoms with Gasteiger partial charge in [-0.15, -0.1) is 0 Å². The van der Waals surface area contributed by atoms with Gasteiger partial charge in [-0.25, -0.2) is 4.98 Å². The largest absolute Gasteiger partial charge is 0.390 e. The highest BCUT2D eigenvalue weighted by atomic mass is 16.3. The Labute approximate surface area is 148 Å². The lowest BCUT2D eigenvalue weighted by Gasteiger charge is -2.40. The summed E-state index contributed by atoms with van der Waals surface area (Å²) in [6.07, 6.45) is 4.28. The molecule has 25 heavy (non-hydrogen) atoms. The summed E-state index contributed by atoms with van der Waals surface area (Å²) in [5.74, 6) is 1.76. The third-order valence-corrected chi connectivity index (χ3v) is 6.30. The number of fused-ring (bicyclic) bond motifs is 2. The minimum Gasteiger partial charge on any atom is -0.390 e. The fourth-order valence-electron chi connectivity index (χ4n) is 4.85. The molecule has 2 aliphatic rings. The molecule has 0 bridgehead atoms. The van der Waals surface area contributed by atoms with Gasteiger partial charge in [-0.2, -0.15) is 0 Å². The molecular weight excluding hydrogens is 314 g/mol. The van der Waals surface area contributed by atoms with Gasteiger partial charge < -0.3 is 15.0 Å². The fourth-order valence-corrected chi connectivity index (χ4v) is 4.85. The van der Waals surface area contributed by atoms with Crippen LogP contribution in [0.25, 0.3) is 11.0 Å². The minimum atomic E-state index is -0.579. The van der Waals surface area contributed by atoms with Crippen LogP contribution in [0.4, 0.5) is 0 Å². The number of aryl methyl sites for hydroxylation is 1. The molecule has 0 unspecified atom stereocenters. The summed E-state index contributed by atoms with van der Waals surface area (Å²) < 4.78 is 0. The van der Waals surface area contributed by atoms with Gasteiger partial charge in [0.2, 0.25) is 5.91 Å². The van der Waals surface area contributed by atoms with Crippen LogP contribution >= 0.6 is 0 Å². The molecule has 5 nitrogen and oxygen atoms in total. The van der Waals surface area contributed by atoms with Crippen molar-refractivity contribution in [2.75, 3.05) is 13.1 Å². The van der Waals surface area contributed by atoms with Crippen LogP contribution in [0.5, 0.6) is 0 Å². The molecule has 4 rings (SSSR count). The molecule has 2 heterocycles. The number of hydrogen-bond donors (Lipinski definition) is 2. The number of benzene rings is 1.